The van der Waals surface area contributed by atoms with Gasteiger partial charge in [-0.3, -0.25) is 4.79 Å². The predicted octanol–water partition coefficient (Wildman–Crippen LogP) is 0.570. The molecule has 8 heteroatoms. The van der Waals surface area contributed by atoms with Gasteiger partial charge in [0.1, 0.15) is 16.9 Å². The Morgan fingerprint density at radius 3 is 3.10 bits per heavy atom. The number of rotatable bonds is 3. The molecule has 5 N–H and O–H groups in total. The van der Waals surface area contributed by atoms with Crippen LogP contribution in [-0.2, 0) is 4.79 Å². The monoisotopic (exact) mass is 292 g/mol. The maximum Gasteiger partial charge on any atom is 0.237 e. The van der Waals surface area contributed by atoms with Gasteiger partial charge in [-0.1, -0.05) is 0 Å². The molecule has 0 aliphatic heterocycles. The zero-order chi connectivity index (χ0) is 14.2. The van der Waals surface area contributed by atoms with Gasteiger partial charge in [-0.2, -0.15) is 0 Å². The highest BCUT2D eigenvalue weighted by Crippen LogP contribution is 2.37. The number of aromatic amines is 1. The third-order valence-electron chi connectivity index (χ3n) is 3.70. The Hall–Kier alpha value is -1.67. The minimum absolute atomic E-state index is 0.225. The van der Waals surface area contributed by atoms with Crippen molar-refractivity contribution in [2.75, 3.05) is 0 Å². The van der Waals surface area contributed by atoms with Crippen LogP contribution in [0.5, 0.6) is 0 Å². The molecule has 2 unspecified atom stereocenters. The van der Waals surface area contributed by atoms with E-state index in [0.717, 1.165) is 23.4 Å². The van der Waals surface area contributed by atoms with Gasteiger partial charge in [0, 0.05) is 5.25 Å². The maximum atomic E-state index is 11.5. The summed E-state index contributed by atoms with van der Waals surface area (Å²) in [4.78, 5) is 27.0. The third kappa shape index (κ3) is 2.36. The SMILES string of the molecule is NC(=O)C1(N)CCCC(Sc2ncnc3nc[nH]c23)C1. The second kappa shape index (κ2) is 5.02. The first kappa shape index (κ1) is 13.3. The van der Waals surface area contributed by atoms with Crippen molar-refractivity contribution in [1.29, 1.82) is 0 Å². The highest BCUT2D eigenvalue weighted by atomic mass is 32.2. The van der Waals surface area contributed by atoms with Crippen LogP contribution >= 0.6 is 11.8 Å². The lowest BCUT2D eigenvalue weighted by molar-refractivity contribution is -0.124. The normalized spacial score (nSPS) is 26.8. The Balaban J connectivity index is 1.81. The van der Waals surface area contributed by atoms with Crippen LogP contribution in [0.1, 0.15) is 25.7 Å². The van der Waals surface area contributed by atoms with E-state index in [-0.39, 0.29) is 5.25 Å². The van der Waals surface area contributed by atoms with Gasteiger partial charge in [-0.25, -0.2) is 15.0 Å². The lowest BCUT2D eigenvalue weighted by Gasteiger charge is -2.34. The zero-order valence-corrected chi connectivity index (χ0v) is 11.7. The number of fused-ring (bicyclic) bond motifs is 1. The van der Waals surface area contributed by atoms with Crippen LogP contribution < -0.4 is 11.5 Å². The van der Waals surface area contributed by atoms with Crippen molar-refractivity contribution >= 4 is 28.8 Å². The number of primary amides is 1. The van der Waals surface area contributed by atoms with E-state index in [0.29, 0.717) is 18.5 Å². The van der Waals surface area contributed by atoms with Crippen LogP contribution in [0.3, 0.4) is 0 Å². The molecule has 1 aliphatic carbocycles. The van der Waals surface area contributed by atoms with Gasteiger partial charge < -0.3 is 16.5 Å². The summed E-state index contributed by atoms with van der Waals surface area (Å²) < 4.78 is 0. The average molecular weight is 292 g/mol. The van der Waals surface area contributed by atoms with Crippen molar-refractivity contribution < 1.29 is 4.79 Å². The van der Waals surface area contributed by atoms with E-state index in [9.17, 15) is 4.79 Å². The highest BCUT2D eigenvalue weighted by molar-refractivity contribution is 8.00. The molecular formula is C12H16N6OS. The summed E-state index contributed by atoms with van der Waals surface area (Å²) in [5.74, 6) is -0.419. The average Bonchev–Trinajstić information content (AvgIpc) is 2.88. The van der Waals surface area contributed by atoms with Crippen LogP contribution in [-0.4, -0.2) is 36.6 Å². The minimum Gasteiger partial charge on any atom is -0.368 e. The quantitative estimate of drug-likeness (QED) is 0.710. The molecule has 0 aromatic carbocycles. The van der Waals surface area contributed by atoms with E-state index in [1.807, 2.05) is 0 Å². The van der Waals surface area contributed by atoms with Crippen LogP contribution in [0.4, 0.5) is 0 Å². The lowest BCUT2D eigenvalue weighted by atomic mass is 9.82. The molecule has 1 fully saturated rings. The second-order valence-electron chi connectivity index (χ2n) is 5.14. The van der Waals surface area contributed by atoms with Crippen LogP contribution in [0.25, 0.3) is 11.2 Å². The molecule has 20 heavy (non-hydrogen) atoms. The fraction of sp³-hybridized carbons (Fsp3) is 0.500. The highest BCUT2D eigenvalue weighted by Gasteiger charge is 2.38. The van der Waals surface area contributed by atoms with E-state index in [1.165, 1.54) is 6.33 Å². The molecule has 7 nitrogen and oxygen atoms in total. The number of carbonyl (C=O) groups excluding carboxylic acids is 1. The topological polar surface area (TPSA) is 124 Å². The van der Waals surface area contributed by atoms with Crippen LogP contribution in [0.2, 0.25) is 0 Å². The lowest BCUT2D eigenvalue weighted by Crippen LogP contribution is -2.55. The molecule has 2 atom stereocenters. The Labute approximate surface area is 119 Å². The van der Waals surface area contributed by atoms with Crippen molar-refractivity contribution in [1.82, 2.24) is 19.9 Å². The van der Waals surface area contributed by atoms with Gasteiger partial charge in [-0.05, 0) is 25.7 Å². The molecule has 1 amide bonds. The van der Waals surface area contributed by atoms with Gasteiger partial charge >= 0.3 is 0 Å². The zero-order valence-electron chi connectivity index (χ0n) is 10.9. The first-order valence-electron chi connectivity index (χ1n) is 6.48. The molecule has 0 radical (unpaired) electrons. The van der Waals surface area contributed by atoms with Crippen molar-refractivity contribution in [2.24, 2.45) is 11.5 Å². The number of amides is 1. The standard InChI is InChI=1S/C12H16N6OS/c13-11(19)12(14)3-1-2-7(4-12)20-10-8-9(16-5-15-8)17-6-18-10/h5-7H,1-4,14H2,(H2,13,19)(H,15,16,17,18). The Kier molecular flexibility index (Phi) is 3.35. The van der Waals surface area contributed by atoms with Gasteiger partial charge in [0.05, 0.1) is 11.9 Å². The van der Waals surface area contributed by atoms with E-state index in [1.54, 1.807) is 18.1 Å². The van der Waals surface area contributed by atoms with Crippen LogP contribution in [0, 0.1) is 0 Å². The first-order chi connectivity index (χ1) is 9.58. The summed E-state index contributed by atoms with van der Waals surface area (Å²) in [5.41, 5.74) is 12.1. The number of carbonyl (C=O) groups is 1. The van der Waals surface area contributed by atoms with Crippen molar-refractivity contribution in [3.05, 3.63) is 12.7 Å². The summed E-state index contributed by atoms with van der Waals surface area (Å²) in [6, 6.07) is 0. The second-order valence-corrected chi connectivity index (χ2v) is 6.43. The molecule has 2 aromatic heterocycles. The first-order valence-corrected chi connectivity index (χ1v) is 7.36. The molecule has 2 heterocycles. The minimum atomic E-state index is -0.893. The maximum absolute atomic E-state index is 11.5. The predicted molar refractivity (Wildman–Crippen MR) is 75.9 cm³/mol. The van der Waals surface area contributed by atoms with E-state index >= 15 is 0 Å². The summed E-state index contributed by atoms with van der Waals surface area (Å²) in [6.45, 7) is 0. The molecule has 1 saturated carbocycles. The van der Waals surface area contributed by atoms with Crippen molar-refractivity contribution in [2.45, 2.75) is 41.5 Å². The number of hydrogen-bond acceptors (Lipinski definition) is 6. The number of aromatic nitrogens is 4. The number of nitrogens with zero attached hydrogens (tertiary/aromatic N) is 3. The number of hydrogen-bond donors (Lipinski definition) is 3. The number of nitrogens with one attached hydrogen (secondary N) is 1. The summed E-state index contributed by atoms with van der Waals surface area (Å²) >= 11 is 1.61. The van der Waals surface area contributed by atoms with Gasteiger partial charge in [0.2, 0.25) is 5.91 Å². The number of imidazole rings is 1. The third-order valence-corrected chi connectivity index (χ3v) is 4.97. The van der Waals surface area contributed by atoms with E-state index in [2.05, 4.69) is 19.9 Å². The molecule has 0 bridgehead atoms. The Morgan fingerprint density at radius 2 is 2.30 bits per heavy atom. The van der Waals surface area contributed by atoms with Gasteiger partial charge in [-0.15, -0.1) is 11.8 Å². The fourth-order valence-electron chi connectivity index (χ4n) is 2.57. The largest absolute Gasteiger partial charge is 0.368 e. The van der Waals surface area contributed by atoms with Crippen molar-refractivity contribution in [3.8, 4) is 0 Å². The van der Waals surface area contributed by atoms with Crippen LogP contribution in [0.15, 0.2) is 17.7 Å². The van der Waals surface area contributed by atoms with Gasteiger partial charge in [0.25, 0.3) is 0 Å². The Bertz CT molecular complexity index is 644. The fourth-order valence-corrected chi connectivity index (χ4v) is 3.93. The number of nitrogens with two attached hydrogens (primary N) is 2. The number of thioether (sulfide) groups is 1. The number of H-pyrrole nitrogens is 1. The molecule has 2 aromatic rings. The van der Waals surface area contributed by atoms with Gasteiger partial charge in [0.15, 0.2) is 5.65 Å². The summed E-state index contributed by atoms with van der Waals surface area (Å²) in [6.07, 6.45) is 6.22. The molecular weight excluding hydrogens is 276 g/mol. The van der Waals surface area contributed by atoms with E-state index in [4.69, 9.17) is 11.5 Å². The molecule has 3 rings (SSSR count). The smallest absolute Gasteiger partial charge is 0.237 e. The van der Waals surface area contributed by atoms with Crippen molar-refractivity contribution in [3.63, 3.8) is 0 Å². The molecule has 1 aliphatic rings. The summed E-state index contributed by atoms with van der Waals surface area (Å²) in [7, 11) is 0. The molecule has 106 valence electrons. The van der Waals surface area contributed by atoms with E-state index < -0.39 is 11.4 Å². The molecule has 0 spiro atoms. The summed E-state index contributed by atoms with van der Waals surface area (Å²) in [5, 5.41) is 1.06. The molecule has 0 saturated heterocycles. The Morgan fingerprint density at radius 1 is 1.45 bits per heavy atom.